The summed E-state index contributed by atoms with van der Waals surface area (Å²) in [5, 5.41) is 0. The van der Waals surface area contributed by atoms with Crippen LogP contribution in [0.2, 0.25) is 0 Å². The zero-order valence-electron chi connectivity index (χ0n) is 7.31. The van der Waals surface area contributed by atoms with Gasteiger partial charge in [-0.15, -0.1) is 0 Å². The number of furan rings is 1. The smallest absolute Gasteiger partial charge is 0.214 e. The summed E-state index contributed by atoms with van der Waals surface area (Å²) in [6.07, 6.45) is 4.29. The monoisotopic (exact) mass is 188 g/mol. The second-order valence-corrected chi connectivity index (χ2v) is 2.82. The van der Waals surface area contributed by atoms with Crippen molar-refractivity contribution in [1.82, 2.24) is 4.98 Å². The molecule has 0 unspecified atom stereocenters. The van der Waals surface area contributed by atoms with Crippen LogP contribution in [-0.2, 0) is 0 Å². The van der Waals surface area contributed by atoms with Crippen molar-refractivity contribution < 1.29 is 9.21 Å². The molecule has 0 radical (unpaired) electrons. The Bertz CT molecular complexity index is 432. The average molecular weight is 188 g/mol. The number of pyridine rings is 1. The number of nitrogens with two attached hydrogens (primary N) is 1. The number of hydrogen-bond donors (Lipinski definition) is 1. The van der Waals surface area contributed by atoms with Gasteiger partial charge in [0.15, 0.2) is 0 Å². The summed E-state index contributed by atoms with van der Waals surface area (Å²) < 4.78 is 4.81. The maximum Gasteiger partial charge on any atom is 0.214 e. The Morgan fingerprint density at radius 3 is 2.79 bits per heavy atom. The molecule has 0 aliphatic rings. The standard InChI is InChI=1S/C10H8N2O2/c11-8-1-2-9(12-5-8)10(13)7-3-4-14-6-7/h1-6H,11H2. The Morgan fingerprint density at radius 2 is 2.21 bits per heavy atom. The van der Waals surface area contributed by atoms with E-state index < -0.39 is 0 Å². The topological polar surface area (TPSA) is 69.1 Å². The molecule has 2 N–H and O–H groups in total. The number of hydrogen-bond acceptors (Lipinski definition) is 4. The van der Waals surface area contributed by atoms with E-state index in [2.05, 4.69) is 4.98 Å². The minimum atomic E-state index is -0.168. The van der Waals surface area contributed by atoms with E-state index in [-0.39, 0.29) is 5.78 Å². The van der Waals surface area contributed by atoms with Gasteiger partial charge in [0.25, 0.3) is 0 Å². The van der Waals surface area contributed by atoms with Crippen LogP contribution in [0.4, 0.5) is 5.69 Å². The summed E-state index contributed by atoms with van der Waals surface area (Å²) in [6, 6.07) is 4.82. The van der Waals surface area contributed by atoms with Gasteiger partial charge in [0.1, 0.15) is 12.0 Å². The van der Waals surface area contributed by atoms with Gasteiger partial charge in [0.2, 0.25) is 5.78 Å². The van der Waals surface area contributed by atoms with E-state index in [1.165, 1.54) is 18.7 Å². The summed E-state index contributed by atoms with van der Waals surface area (Å²) in [4.78, 5) is 15.6. The first-order chi connectivity index (χ1) is 6.77. The molecule has 0 spiro atoms. The van der Waals surface area contributed by atoms with Gasteiger partial charge in [-0.05, 0) is 18.2 Å². The van der Waals surface area contributed by atoms with Crippen LogP contribution in [0.25, 0.3) is 0 Å². The highest BCUT2D eigenvalue weighted by atomic mass is 16.3. The van der Waals surface area contributed by atoms with E-state index >= 15 is 0 Å². The van der Waals surface area contributed by atoms with Crippen molar-refractivity contribution in [1.29, 1.82) is 0 Å². The fourth-order valence-corrected chi connectivity index (χ4v) is 1.08. The van der Waals surface area contributed by atoms with Gasteiger partial charge >= 0.3 is 0 Å². The molecule has 2 heterocycles. The van der Waals surface area contributed by atoms with Crippen molar-refractivity contribution in [3.63, 3.8) is 0 Å². The highest BCUT2D eigenvalue weighted by Crippen LogP contribution is 2.09. The molecule has 14 heavy (non-hydrogen) atoms. The highest BCUT2D eigenvalue weighted by molar-refractivity contribution is 6.07. The number of carbonyl (C=O) groups is 1. The Labute approximate surface area is 80.4 Å². The maximum atomic E-state index is 11.7. The Morgan fingerprint density at radius 1 is 1.36 bits per heavy atom. The first kappa shape index (κ1) is 8.50. The van der Waals surface area contributed by atoms with Gasteiger partial charge in [-0.3, -0.25) is 9.78 Å². The second-order valence-electron chi connectivity index (χ2n) is 2.82. The third kappa shape index (κ3) is 1.50. The van der Waals surface area contributed by atoms with Crippen LogP contribution in [0.3, 0.4) is 0 Å². The molecule has 2 aromatic rings. The van der Waals surface area contributed by atoms with Crippen LogP contribution in [0.15, 0.2) is 41.3 Å². The molecule has 0 aromatic carbocycles. The van der Waals surface area contributed by atoms with Gasteiger partial charge in [-0.2, -0.15) is 0 Å². The SMILES string of the molecule is Nc1ccc(C(=O)c2ccoc2)nc1. The van der Waals surface area contributed by atoms with Crippen LogP contribution in [0.5, 0.6) is 0 Å². The third-order valence-electron chi connectivity index (χ3n) is 1.80. The zero-order chi connectivity index (χ0) is 9.97. The largest absolute Gasteiger partial charge is 0.472 e. The molecule has 0 fully saturated rings. The van der Waals surface area contributed by atoms with Crippen LogP contribution < -0.4 is 5.73 Å². The fraction of sp³-hybridized carbons (Fsp3) is 0. The van der Waals surface area contributed by atoms with Crippen molar-refractivity contribution >= 4 is 11.5 Å². The molecule has 2 rings (SSSR count). The molecular weight excluding hydrogens is 180 g/mol. The summed E-state index contributed by atoms with van der Waals surface area (Å²) in [6.45, 7) is 0. The number of nitrogen functional groups attached to an aromatic ring is 1. The van der Waals surface area contributed by atoms with Crippen LogP contribution in [-0.4, -0.2) is 10.8 Å². The van der Waals surface area contributed by atoms with Crippen molar-refractivity contribution in [2.24, 2.45) is 0 Å². The molecule has 0 amide bonds. The quantitative estimate of drug-likeness (QED) is 0.725. The third-order valence-corrected chi connectivity index (χ3v) is 1.80. The average Bonchev–Trinajstić information content (AvgIpc) is 2.71. The van der Waals surface area contributed by atoms with Crippen LogP contribution in [0.1, 0.15) is 16.1 Å². The Hall–Kier alpha value is -2.10. The number of rotatable bonds is 2. The van der Waals surface area contributed by atoms with Crippen molar-refractivity contribution in [3.8, 4) is 0 Å². The predicted molar refractivity (Wildman–Crippen MR) is 50.8 cm³/mol. The lowest BCUT2D eigenvalue weighted by Gasteiger charge is -1.96. The number of nitrogens with zero attached hydrogens (tertiary/aromatic N) is 1. The van der Waals surface area contributed by atoms with Gasteiger partial charge in [0.05, 0.1) is 23.7 Å². The van der Waals surface area contributed by atoms with Gasteiger partial charge < -0.3 is 10.2 Å². The number of aromatic nitrogens is 1. The molecule has 0 aliphatic heterocycles. The van der Waals surface area contributed by atoms with E-state index in [0.29, 0.717) is 16.9 Å². The number of ketones is 1. The van der Waals surface area contributed by atoms with E-state index in [9.17, 15) is 4.79 Å². The first-order valence-electron chi connectivity index (χ1n) is 4.06. The zero-order valence-corrected chi connectivity index (χ0v) is 7.31. The van der Waals surface area contributed by atoms with Gasteiger partial charge in [0, 0.05) is 0 Å². The lowest BCUT2D eigenvalue weighted by molar-refractivity contribution is 0.103. The van der Waals surface area contributed by atoms with Gasteiger partial charge in [-0.25, -0.2) is 0 Å². The summed E-state index contributed by atoms with van der Waals surface area (Å²) in [5.74, 6) is -0.168. The van der Waals surface area contributed by atoms with E-state index in [1.54, 1.807) is 18.2 Å². The summed E-state index contributed by atoms with van der Waals surface area (Å²) in [5.41, 5.74) is 6.84. The van der Waals surface area contributed by atoms with Crippen LogP contribution >= 0.6 is 0 Å². The summed E-state index contributed by atoms with van der Waals surface area (Å²) in [7, 11) is 0. The molecule has 0 saturated carbocycles. The van der Waals surface area contributed by atoms with Crippen molar-refractivity contribution in [3.05, 3.63) is 48.2 Å². The van der Waals surface area contributed by atoms with Gasteiger partial charge in [-0.1, -0.05) is 0 Å². The fourth-order valence-electron chi connectivity index (χ4n) is 1.08. The lowest BCUT2D eigenvalue weighted by atomic mass is 10.1. The predicted octanol–water partition coefficient (Wildman–Crippen LogP) is 1.49. The molecule has 2 aromatic heterocycles. The Balaban J connectivity index is 2.33. The van der Waals surface area contributed by atoms with Crippen LogP contribution in [0, 0.1) is 0 Å². The first-order valence-corrected chi connectivity index (χ1v) is 4.06. The molecule has 4 heteroatoms. The molecule has 0 atom stereocenters. The Kier molecular flexibility index (Phi) is 2.02. The maximum absolute atomic E-state index is 11.7. The minimum absolute atomic E-state index is 0.168. The van der Waals surface area contributed by atoms with E-state index in [4.69, 9.17) is 10.2 Å². The molecule has 70 valence electrons. The molecule has 4 nitrogen and oxygen atoms in total. The molecule has 0 saturated heterocycles. The normalized spacial score (nSPS) is 10.0. The number of anilines is 1. The van der Waals surface area contributed by atoms with Crippen molar-refractivity contribution in [2.45, 2.75) is 0 Å². The van der Waals surface area contributed by atoms with Crippen molar-refractivity contribution in [2.75, 3.05) is 5.73 Å². The molecule has 0 bridgehead atoms. The molecule has 0 aliphatic carbocycles. The molecular formula is C10H8N2O2. The minimum Gasteiger partial charge on any atom is -0.472 e. The second kappa shape index (κ2) is 3.33. The highest BCUT2D eigenvalue weighted by Gasteiger charge is 2.10. The summed E-state index contributed by atoms with van der Waals surface area (Å²) >= 11 is 0. The lowest BCUT2D eigenvalue weighted by Crippen LogP contribution is -2.02. The van der Waals surface area contributed by atoms with E-state index in [1.807, 2.05) is 0 Å². The number of carbonyl (C=O) groups excluding carboxylic acids is 1. The van der Waals surface area contributed by atoms with E-state index in [0.717, 1.165) is 0 Å².